The van der Waals surface area contributed by atoms with Crippen LogP contribution in [0.5, 0.6) is 0 Å². The third-order valence-corrected chi connectivity index (χ3v) is 5.19. The lowest BCUT2D eigenvalue weighted by Crippen LogP contribution is -2.65. The Bertz CT molecular complexity index is 1110. The van der Waals surface area contributed by atoms with E-state index in [2.05, 4.69) is 10.3 Å². The van der Waals surface area contributed by atoms with Crippen molar-refractivity contribution < 1.29 is 28.1 Å². The number of likely N-dealkylation sites (tertiary alicyclic amines) is 1. The Morgan fingerprint density at radius 1 is 1.28 bits per heavy atom. The highest BCUT2D eigenvalue weighted by molar-refractivity contribution is 14.1. The molecular formula is C18H16F3IN6O4. The third-order valence-electron chi connectivity index (χ3n) is 4.52. The molecule has 32 heavy (non-hydrogen) atoms. The minimum Gasteiger partial charge on any atom is -0.384 e. The largest absolute Gasteiger partial charge is 0.384 e. The SMILES string of the molecule is NC(=NCC1(O)CN(C(=O)c2ccc(F)c(F)c2Nc2ccc(I)cc2F)C1)N[N+](=O)[O-]. The Hall–Kier alpha value is -3.14. The molecule has 0 saturated carbocycles. The van der Waals surface area contributed by atoms with E-state index in [-0.39, 0.29) is 30.9 Å². The number of β-amino-alcohol motifs (C(OH)–C–C–N with tert-alkyl or cyclic N) is 1. The molecule has 0 unspecified atom stereocenters. The molecule has 1 amide bonds. The summed E-state index contributed by atoms with van der Waals surface area (Å²) in [6, 6.07) is 5.84. The smallest absolute Gasteiger partial charge is 0.256 e. The lowest BCUT2D eigenvalue weighted by Gasteiger charge is -2.45. The first-order valence-corrected chi connectivity index (χ1v) is 10.00. The molecule has 0 radical (unpaired) electrons. The second-order valence-corrected chi connectivity index (χ2v) is 8.23. The van der Waals surface area contributed by atoms with Crippen LogP contribution in [0, 0.1) is 31.1 Å². The number of nitrogens with zero attached hydrogens (tertiary/aromatic N) is 3. The van der Waals surface area contributed by atoms with Crippen molar-refractivity contribution in [2.75, 3.05) is 25.0 Å². The molecule has 14 heteroatoms. The molecule has 0 atom stereocenters. The number of nitrogens with two attached hydrogens (primary N) is 1. The Balaban J connectivity index is 1.78. The van der Waals surface area contributed by atoms with Crippen molar-refractivity contribution >= 4 is 45.8 Å². The van der Waals surface area contributed by atoms with Crippen LogP contribution in [0.3, 0.4) is 0 Å². The predicted molar refractivity (Wildman–Crippen MR) is 116 cm³/mol. The third kappa shape index (κ3) is 5.18. The lowest BCUT2D eigenvalue weighted by molar-refractivity contribution is -0.525. The van der Waals surface area contributed by atoms with E-state index in [1.54, 1.807) is 11.5 Å². The van der Waals surface area contributed by atoms with E-state index in [1.807, 2.05) is 22.6 Å². The molecule has 0 aromatic heterocycles. The summed E-state index contributed by atoms with van der Waals surface area (Å²) in [6.45, 7) is -0.811. The van der Waals surface area contributed by atoms with Crippen molar-refractivity contribution in [3.05, 3.63) is 67.0 Å². The van der Waals surface area contributed by atoms with Crippen LogP contribution in [0.15, 0.2) is 35.3 Å². The molecule has 1 fully saturated rings. The number of anilines is 2. The number of carbonyl (C=O) groups is 1. The van der Waals surface area contributed by atoms with Gasteiger partial charge in [-0.2, -0.15) is 0 Å². The van der Waals surface area contributed by atoms with Crippen LogP contribution in [0.25, 0.3) is 0 Å². The number of nitrogens with one attached hydrogen (secondary N) is 2. The van der Waals surface area contributed by atoms with Gasteiger partial charge in [-0.05, 0) is 52.9 Å². The molecule has 0 spiro atoms. The molecule has 2 aromatic carbocycles. The Morgan fingerprint density at radius 2 is 1.97 bits per heavy atom. The monoisotopic (exact) mass is 564 g/mol. The first-order chi connectivity index (χ1) is 15.0. The molecule has 1 aliphatic rings. The molecule has 2 aromatic rings. The van der Waals surface area contributed by atoms with Gasteiger partial charge in [-0.15, -0.1) is 0 Å². The van der Waals surface area contributed by atoms with Gasteiger partial charge < -0.3 is 21.1 Å². The highest BCUT2D eigenvalue weighted by Gasteiger charge is 2.44. The first kappa shape index (κ1) is 23.5. The molecule has 1 saturated heterocycles. The molecule has 5 N–H and O–H groups in total. The maximum Gasteiger partial charge on any atom is 0.256 e. The summed E-state index contributed by atoms with van der Waals surface area (Å²) < 4.78 is 43.1. The van der Waals surface area contributed by atoms with Gasteiger partial charge >= 0.3 is 0 Å². The van der Waals surface area contributed by atoms with Crippen LogP contribution in [-0.2, 0) is 0 Å². The number of hydrogen-bond acceptors (Lipinski definition) is 6. The Morgan fingerprint density at radius 3 is 2.59 bits per heavy atom. The van der Waals surface area contributed by atoms with Gasteiger partial charge in [0.25, 0.3) is 11.9 Å². The van der Waals surface area contributed by atoms with Crippen LogP contribution in [0.4, 0.5) is 24.5 Å². The van der Waals surface area contributed by atoms with Crippen molar-refractivity contribution in [2.24, 2.45) is 10.7 Å². The van der Waals surface area contributed by atoms with Gasteiger partial charge in [-0.1, -0.05) is 5.43 Å². The average Bonchev–Trinajstić information content (AvgIpc) is 2.68. The number of benzene rings is 2. The average molecular weight is 564 g/mol. The van der Waals surface area contributed by atoms with Crippen molar-refractivity contribution in [2.45, 2.75) is 5.60 Å². The summed E-state index contributed by atoms with van der Waals surface area (Å²) in [6.07, 6.45) is 0. The molecular weight excluding hydrogens is 548 g/mol. The van der Waals surface area contributed by atoms with Crippen molar-refractivity contribution in [1.29, 1.82) is 0 Å². The second kappa shape index (κ2) is 9.15. The zero-order valence-corrected chi connectivity index (χ0v) is 18.3. The zero-order chi connectivity index (χ0) is 23.6. The van der Waals surface area contributed by atoms with Gasteiger partial charge in [0, 0.05) is 3.57 Å². The number of hydrogen-bond donors (Lipinski definition) is 4. The van der Waals surface area contributed by atoms with Crippen molar-refractivity contribution in [1.82, 2.24) is 10.3 Å². The van der Waals surface area contributed by atoms with E-state index in [0.717, 1.165) is 17.0 Å². The topological polar surface area (TPSA) is 146 Å². The molecule has 3 rings (SSSR count). The maximum atomic E-state index is 14.5. The molecule has 1 heterocycles. The van der Waals surface area contributed by atoms with E-state index in [4.69, 9.17) is 5.73 Å². The number of hydrazine groups is 1. The number of halogens is 4. The summed E-state index contributed by atoms with van der Waals surface area (Å²) in [4.78, 5) is 27.9. The quantitative estimate of drug-likeness (QED) is 0.138. The van der Waals surface area contributed by atoms with Crippen LogP contribution in [0.2, 0.25) is 0 Å². The van der Waals surface area contributed by atoms with Gasteiger partial charge in [-0.25, -0.2) is 28.3 Å². The molecule has 10 nitrogen and oxygen atoms in total. The highest BCUT2D eigenvalue weighted by Crippen LogP contribution is 2.31. The number of aliphatic imine (C=N–C) groups is 1. The Labute approximate surface area is 192 Å². The zero-order valence-electron chi connectivity index (χ0n) is 16.1. The summed E-state index contributed by atoms with van der Waals surface area (Å²) in [5, 5.41) is 22.2. The number of amides is 1. The number of nitro groups is 1. The van der Waals surface area contributed by atoms with E-state index >= 15 is 0 Å². The summed E-state index contributed by atoms with van der Waals surface area (Å²) in [5.74, 6) is -4.61. The number of guanidine groups is 1. The van der Waals surface area contributed by atoms with Crippen LogP contribution >= 0.6 is 22.6 Å². The standard InChI is InChI=1S/C18H16F3IN6O4/c19-11-3-2-10(15(14(11)21)25-13-4-1-9(22)5-12(13)20)16(29)27-7-18(30,8-27)6-24-17(23)26-28(31)32/h1-5,25,30H,6-8H2,(H3,23,24,26). The van der Waals surface area contributed by atoms with Gasteiger partial charge in [-0.3, -0.25) is 4.79 Å². The highest BCUT2D eigenvalue weighted by atomic mass is 127. The minimum atomic E-state index is -1.51. The summed E-state index contributed by atoms with van der Waals surface area (Å²) in [5.41, 5.74) is 4.40. The second-order valence-electron chi connectivity index (χ2n) is 6.99. The Kier molecular flexibility index (Phi) is 6.73. The molecule has 0 aliphatic carbocycles. The van der Waals surface area contributed by atoms with Crippen molar-refractivity contribution in [3.63, 3.8) is 0 Å². The number of rotatable bonds is 6. The molecule has 170 valence electrons. The maximum absolute atomic E-state index is 14.5. The predicted octanol–water partition coefficient (Wildman–Crippen LogP) is 1.73. The number of carbonyl (C=O) groups excluding carboxylic acids is 1. The normalized spacial score (nSPS) is 15.2. The van der Waals surface area contributed by atoms with Crippen molar-refractivity contribution in [3.8, 4) is 0 Å². The van der Waals surface area contributed by atoms with Crippen LogP contribution in [0.1, 0.15) is 10.4 Å². The van der Waals surface area contributed by atoms with Gasteiger partial charge in [0.2, 0.25) is 0 Å². The fourth-order valence-corrected chi connectivity index (χ4v) is 3.47. The molecule has 0 bridgehead atoms. The lowest BCUT2D eigenvalue weighted by atomic mass is 9.93. The number of aliphatic hydroxyl groups is 1. The van der Waals surface area contributed by atoms with Gasteiger partial charge in [0.15, 0.2) is 16.7 Å². The summed E-state index contributed by atoms with van der Waals surface area (Å²) >= 11 is 1.88. The van der Waals surface area contributed by atoms with Crippen LogP contribution < -0.4 is 16.5 Å². The van der Waals surface area contributed by atoms with E-state index in [1.165, 1.54) is 12.1 Å². The van der Waals surface area contributed by atoms with E-state index < -0.39 is 45.6 Å². The fraction of sp³-hybridized carbons (Fsp3) is 0.222. The summed E-state index contributed by atoms with van der Waals surface area (Å²) in [7, 11) is 0. The fourth-order valence-electron chi connectivity index (χ4n) is 3.02. The van der Waals surface area contributed by atoms with Gasteiger partial charge in [0.1, 0.15) is 11.4 Å². The van der Waals surface area contributed by atoms with E-state index in [0.29, 0.717) is 3.57 Å². The van der Waals surface area contributed by atoms with E-state index in [9.17, 15) is 33.2 Å². The van der Waals surface area contributed by atoms with Gasteiger partial charge in [0.05, 0.1) is 36.6 Å². The molecule has 1 aliphatic heterocycles. The minimum absolute atomic E-state index is 0.160. The van der Waals surface area contributed by atoms with Crippen LogP contribution in [-0.4, -0.2) is 52.1 Å². The first-order valence-electron chi connectivity index (χ1n) is 8.92.